The van der Waals surface area contributed by atoms with Gasteiger partial charge < -0.3 is 5.32 Å². The van der Waals surface area contributed by atoms with Crippen LogP contribution >= 0.6 is 22.7 Å². The molecule has 1 saturated heterocycles. The largest absolute Gasteiger partial charge is 0.321 e. The van der Waals surface area contributed by atoms with E-state index in [0.717, 1.165) is 35.6 Å². The second-order valence-corrected chi connectivity index (χ2v) is 11.1. The highest BCUT2D eigenvalue weighted by Crippen LogP contribution is 2.31. The molecule has 0 aliphatic carbocycles. The fourth-order valence-electron chi connectivity index (χ4n) is 3.44. The van der Waals surface area contributed by atoms with Crippen LogP contribution in [0.4, 0.5) is 5.69 Å². The monoisotopic (exact) mass is 461 g/mol. The summed E-state index contributed by atoms with van der Waals surface area (Å²) in [7, 11) is -3.50. The Morgan fingerprint density at radius 2 is 1.77 bits per heavy atom. The predicted molar refractivity (Wildman–Crippen MR) is 122 cm³/mol. The first-order valence-electron chi connectivity index (χ1n) is 9.88. The number of amides is 1. The third-order valence-electron chi connectivity index (χ3n) is 5.05. The molecule has 1 fully saturated rings. The fourth-order valence-corrected chi connectivity index (χ4v) is 6.72. The molecular formula is C21H23N3O3S3. The van der Waals surface area contributed by atoms with Gasteiger partial charge in [0.15, 0.2) is 0 Å². The summed E-state index contributed by atoms with van der Waals surface area (Å²) in [5, 5.41) is 5.66. The van der Waals surface area contributed by atoms with Crippen LogP contribution < -0.4 is 5.32 Å². The van der Waals surface area contributed by atoms with E-state index in [1.54, 1.807) is 39.9 Å². The molecule has 1 aromatic carbocycles. The summed E-state index contributed by atoms with van der Waals surface area (Å²) >= 11 is 2.94. The lowest BCUT2D eigenvalue weighted by molar-refractivity contribution is 0.103. The van der Waals surface area contributed by atoms with E-state index in [1.807, 2.05) is 24.4 Å². The zero-order chi connectivity index (χ0) is 21.1. The number of benzene rings is 1. The van der Waals surface area contributed by atoms with Gasteiger partial charge in [-0.3, -0.25) is 4.79 Å². The normalized spacial score (nSPS) is 15.6. The summed E-state index contributed by atoms with van der Waals surface area (Å²) in [6.07, 6.45) is 3.94. The Morgan fingerprint density at radius 1 is 1.07 bits per heavy atom. The summed E-state index contributed by atoms with van der Waals surface area (Å²) in [5.41, 5.74) is 1.24. The molecule has 0 bridgehead atoms. The van der Waals surface area contributed by atoms with Crippen LogP contribution in [-0.2, 0) is 10.0 Å². The molecule has 2 aromatic heterocycles. The van der Waals surface area contributed by atoms with Gasteiger partial charge in [-0.2, -0.15) is 4.31 Å². The first-order chi connectivity index (χ1) is 14.4. The average molecular weight is 462 g/mol. The third kappa shape index (κ3) is 4.49. The molecule has 1 N–H and O–H groups in total. The number of nitrogens with zero attached hydrogens (tertiary/aromatic N) is 2. The zero-order valence-electron chi connectivity index (χ0n) is 16.6. The highest BCUT2D eigenvalue weighted by Gasteiger charge is 2.25. The smallest absolute Gasteiger partial charge is 0.267 e. The maximum atomic E-state index is 12.9. The number of sulfonamides is 1. The number of anilines is 1. The number of hydrogen-bond donors (Lipinski definition) is 1. The van der Waals surface area contributed by atoms with Crippen molar-refractivity contribution in [1.29, 1.82) is 0 Å². The SMILES string of the molecule is Cc1nc(-c2cccs2)sc1C(=O)Nc1ccc(S(=O)(=O)N2CCCCCC2)cc1. The first-order valence-corrected chi connectivity index (χ1v) is 13.0. The van der Waals surface area contributed by atoms with E-state index in [4.69, 9.17) is 0 Å². The van der Waals surface area contributed by atoms with Gasteiger partial charge >= 0.3 is 0 Å². The molecule has 1 aliphatic heterocycles. The van der Waals surface area contributed by atoms with Crippen molar-refractivity contribution in [3.8, 4) is 9.88 Å². The van der Waals surface area contributed by atoms with E-state index < -0.39 is 10.0 Å². The predicted octanol–water partition coefficient (Wildman–Crippen LogP) is 5.00. The lowest BCUT2D eigenvalue weighted by Gasteiger charge is -2.20. The lowest BCUT2D eigenvalue weighted by Crippen LogP contribution is -2.31. The summed E-state index contributed by atoms with van der Waals surface area (Å²) < 4.78 is 27.3. The number of rotatable bonds is 5. The van der Waals surface area contributed by atoms with Gasteiger partial charge in [-0.05, 0) is 55.5 Å². The number of thiophene rings is 1. The molecule has 1 amide bonds. The highest BCUT2D eigenvalue weighted by atomic mass is 32.2. The van der Waals surface area contributed by atoms with E-state index in [1.165, 1.54) is 11.3 Å². The van der Waals surface area contributed by atoms with Crippen LogP contribution in [-0.4, -0.2) is 36.7 Å². The molecule has 0 atom stereocenters. The van der Waals surface area contributed by atoms with Crippen LogP contribution in [0.5, 0.6) is 0 Å². The van der Waals surface area contributed by atoms with Crippen molar-refractivity contribution in [2.45, 2.75) is 37.5 Å². The van der Waals surface area contributed by atoms with Gasteiger partial charge in [0.25, 0.3) is 5.91 Å². The van der Waals surface area contributed by atoms with E-state index >= 15 is 0 Å². The Labute approximate surface area is 184 Å². The van der Waals surface area contributed by atoms with E-state index in [9.17, 15) is 13.2 Å². The van der Waals surface area contributed by atoms with Gasteiger partial charge in [-0.1, -0.05) is 18.9 Å². The van der Waals surface area contributed by atoms with Crippen molar-refractivity contribution in [2.24, 2.45) is 0 Å². The third-order valence-corrected chi connectivity index (χ3v) is 9.16. The quantitative estimate of drug-likeness (QED) is 0.580. The molecule has 4 rings (SSSR count). The van der Waals surface area contributed by atoms with Crippen molar-refractivity contribution < 1.29 is 13.2 Å². The Balaban J connectivity index is 1.48. The van der Waals surface area contributed by atoms with Crippen molar-refractivity contribution in [2.75, 3.05) is 18.4 Å². The Kier molecular flexibility index (Phi) is 6.33. The minimum atomic E-state index is -3.50. The first kappa shape index (κ1) is 21.2. The maximum absolute atomic E-state index is 12.9. The lowest BCUT2D eigenvalue weighted by atomic mass is 10.2. The van der Waals surface area contributed by atoms with Gasteiger partial charge in [-0.15, -0.1) is 22.7 Å². The second-order valence-electron chi connectivity index (χ2n) is 7.21. The van der Waals surface area contributed by atoms with Gasteiger partial charge in [0, 0.05) is 18.8 Å². The van der Waals surface area contributed by atoms with Gasteiger partial charge in [-0.25, -0.2) is 13.4 Å². The Hall–Kier alpha value is -2.07. The second kappa shape index (κ2) is 8.97. The summed E-state index contributed by atoms with van der Waals surface area (Å²) in [6.45, 7) is 2.95. The number of nitrogens with one attached hydrogen (secondary N) is 1. The summed E-state index contributed by atoms with van der Waals surface area (Å²) in [6, 6.07) is 10.3. The molecule has 3 aromatic rings. The van der Waals surface area contributed by atoms with Gasteiger partial charge in [0.1, 0.15) is 9.88 Å². The van der Waals surface area contributed by atoms with E-state index in [0.29, 0.717) is 29.3 Å². The maximum Gasteiger partial charge on any atom is 0.267 e. The molecule has 3 heterocycles. The molecular weight excluding hydrogens is 438 g/mol. The Bertz CT molecular complexity index is 1110. The summed E-state index contributed by atoms with van der Waals surface area (Å²) in [4.78, 5) is 19.1. The average Bonchev–Trinajstić information content (AvgIpc) is 3.30. The minimum absolute atomic E-state index is 0.240. The molecule has 0 saturated carbocycles. The molecule has 30 heavy (non-hydrogen) atoms. The van der Waals surface area contributed by atoms with Crippen molar-refractivity contribution in [1.82, 2.24) is 9.29 Å². The van der Waals surface area contributed by atoms with Gasteiger partial charge in [0.2, 0.25) is 10.0 Å². The van der Waals surface area contributed by atoms with Gasteiger partial charge in [0.05, 0.1) is 15.5 Å². The fraction of sp³-hybridized carbons (Fsp3) is 0.333. The van der Waals surface area contributed by atoms with Crippen LogP contribution in [0.2, 0.25) is 0 Å². The molecule has 9 heteroatoms. The number of aryl methyl sites for hydroxylation is 1. The molecule has 0 spiro atoms. The van der Waals surface area contributed by atoms with Crippen LogP contribution in [0.25, 0.3) is 9.88 Å². The molecule has 0 radical (unpaired) electrons. The number of hydrogen-bond acceptors (Lipinski definition) is 6. The molecule has 1 aliphatic rings. The molecule has 158 valence electrons. The zero-order valence-corrected chi connectivity index (χ0v) is 19.1. The molecule has 0 unspecified atom stereocenters. The van der Waals surface area contributed by atoms with Crippen LogP contribution in [0.1, 0.15) is 41.0 Å². The van der Waals surface area contributed by atoms with Crippen molar-refractivity contribution >= 4 is 44.3 Å². The number of carbonyl (C=O) groups is 1. The van der Waals surface area contributed by atoms with Crippen LogP contribution in [0.15, 0.2) is 46.7 Å². The Morgan fingerprint density at radius 3 is 2.40 bits per heavy atom. The van der Waals surface area contributed by atoms with E-state index in [-0.39, 0.29) is 10.8 Å². The summed E-state index contributed by atoms with van der Waals surface area (Å²) in [5.74, 6) is -0.240. The molecule has 6 nitrogen and oxygen atoms in total. The minimum Gasteiger partial charge on any atom is -0.321 e. The van der Waals surface area contributed by atoms with Crippen molar-refractivity contribution in [3.05, 3.63) is 52.3 Å². The van der Waals surface area contributed by atoms with Crippen molar-refractivity contribution in [3.63, 3.8) is 0 Å². The topological polar surface area (TPSA) is 79.4 Å². The standard InChI is InChI=1S/C21H23N3O3S3/c1-15-19(29-21(22-15)18-7-6-14-28-18)20(25)23-16-8-10-17(11-9-16)30(26,27)24-12-4-2-3-5-13-24/h6-11,14H,2-5,12-13H2,1H3,(H,23,25). The highest BCUT2D eigenvalue weighted by molar-refractivity contribution is 7.89. The number of carbonyl (C=O) groups excluding carboxylic acids is 1. The van der Waals surface area contributed by atoms with Crippen LogP contribution in [0.3, 0.4) is 0 Å². The van der Waals surface area contributed by atoms with E-state index in [2.05, 4.69) is 10.3 Å². The van der Waals surface area contributed by atoms with Crippen LogP contribution in [0, 0.1) is 6.92 Å². The number of thiazole rings is 1. The number of aromatic nitrogens is 1.